The fraction of sp³-hybridized carbons (Fsp3) is 0.300. The summed E-state index contributed by atoms with van der Waals surface area (Å²) in [5, 5.41) is 11.7. The zero-order valence-electron chi connectivity index (χ0n) is 8.10. The molecule has 1 aromatic rings. The number of nitrogens with zero attached hydrogens (tertiary/aromatic N) is 1. The Labute approximate surface area is 83.2 Å². The summed E-state index contributed by atoms with van der Waals surface area (Å²) in [6, 6.07) is 9.70. The summed E-state index contributed by atoms with van der Waals surface area (Å²) in [5.74, 6) is 0. The van der Waals surface area contributed by atoms with Gasteiger partial charge in [0.15, 0.2) is 0 Å². The summed E-state index contributed by atoms with van der Waals surface area (Å²) >= 11 is 0. The van der Waals surface area contributed by atoms with Crippen LogP contribution in [0.2, 0.25) is 0 Å². The van der Waals surface area contributed by atoms with Crippen molar-refractivity contribution in [3.63, 3.8) is 0 Å². The van der Waals surface area contributed by atoms with Crippen molar-refractivity contribution >= 4 is 11.8 Å². The Bertz CT molecular complexity index is 287. The SMILES string of the molecule is CN(CCNc1ccccc1)C(=O)O. The van der Waals surface area contributed by atoms with Crippen LogP contribution in [0.15, 0.2) is 30.3 Å². The number of amides is 1. The first kappa shape index (κ1) is 10.4. The third-order valence-corrected chi connectivity index (χ3v) is 1.88. The van der Waals surface area contributed by atoms with Crippen molar-refractivity contribution in [3.05, 3.63) is 30.3 Å². The molecule has 0 radical (unpaired) electrons. The quantitative estimate of drug-likeness (QED) is 0.767. The van der Waals surface area contributed by atoms with E-state index in [0.29, 0.717) is 13.1 Å². The van der Waals surface area contributed by atoms with Gasteiger partial charge in [0.1, 0.15) is 0 Å². The molecular formula is C10H14N2O2. The maximum atomic E-state index is 10.4. The topological polar surface area (TPSA) is 52.6 Å². The highest BCUT2D eigenvalue weighted by molar-refractivity contribution is 5.64. The van der Waals surface area contributed by atoms with Gasteiger partial charge in [-0.15, -0.1) is 0 Å². The molecule has 0 unspecified atom stereocenters. The predicted molar refractivity (Wildman–Crippen MR) is 55.6 cm³/mol. The molecule has 0 aliphatic rings. The molecule has 0 atom stereocenters. The minimum atomic E-state index is -0.903. The lowest BCUT2D eigenvalue weighted by atomic mass is 10.3. The number of para-hydroxylation sites is 1. The molecule has 1 rings (SSSR count). The molecule has 0 aromatic heterocycles. The molecule has 0 heterocycles. The van der Waals surface area contributed by atoms with E-state index in [2.05, 4.69) is 5.32 Å². The zero-order valence-corrected chi connectivity index (χ0v) is 8.10. The molecule has 2 N–H and O–H groups in total. The van der Waals surface area contributed by atoms with E-state index in [0.717, 1.165) is 5.69 Å². The van der Waals surface area contributed by atoms with Gasteiger partial charge >= 0.3 is 6.09 Å². The van der Waals surface area contributed by atoms with E-state index in [-0.39, 0.29) is 0 Å². The van der Waals surface area contributed by atoms with Crippen LogP contribution in [0.5, 0.6) is 0 Å². The third kappa shape index (κ3) is 3.35. The van der Waals surface area contributed by atoms with Crippen molar-refractivity contribution in [3.8, 4) is 0 Å². The van der Waals surface area contributed by atoms with E-state index in [1.54, 1.807) is 7.05 Å². The average Bonchev–Trinajstić information content (AvgIpc) is 2.19. The molecule has 1 aromatic carbocycles. The molecule has 0 spiro atoms. The van der Waals surface area contributed by atoms with Gasteiger partial charge in [0, 0.05) is 25.8 Å². The summed E-state index contributed by atoms with van der Waals surface area (Å²) in [4.78, 5) is 11.7. The second-order valence-electron chi connectivity index (χ2n) is 3.00. The molecule has 0 bridgehead atoms. The molecule has 76 valence electrons. The lowest BCUT2D eigenvalue weighted by Crippen LogP contribution is -2.29. The minimum absolute atomic E-state index is 0.476. The highest BCUT2D eigenvalue weighted by Gasteiger charge is 2.02. The van der Waals surface area contributed by atoms with Crippen LogP contribution in [0.3, 0.4) is 0 Å². The molecule has 0 aliphatic heterocycles. The van der Waals surface area contributed by atoms with Gasteiger partial charge in [-0.3, -0.25) is 0 Å². The molecule has 14 heavy (non-hydrogen) atoms. The fourth-order valence-corrected chi connectivity index (χ4v) is 1.02. The largest absolute Gasteiger partial charge is 0.465 e. The highest BCUT2D eigenvalue weighted by atomic mass is 16.4. The Morgan fingerprint density at radius 3 is 2.64 bits per heavy atom. The number of hydrogen-bond donors (Lipinski definition) is 2. The van der Waals surface area contributed by atoms with Gasteiger partial charge in [0.2, 0.25) is 0 Å². The van der Waals surface area contributed by atoms with E-state index < -0.39 is 6.09 Å². The fourth-order valence-electron chi connectivity index (χ4n) is 1.02. The van der Waals surface area contributed by atoms with Crippen molar-refractivity contribution in [1.82, 2.24) is 4.90 Å². The van der Waals surface area contributed by atoms with Gasteiger partial charge < -0.3 is 15.3 Å². The molecule has 4 nitrogen and oxygen atoms in total. The lowest BCUT2D eigenvalue weighted by molar-refractivity contribution is 0.157. The number of benzene rings is 1. The lowest BCUT2D eigenvalue weighted by Gasteiger charge is -2.13. The van der Waals surface area contributed by atoms with Gasteiger partial charge in [-0.25, -0.2) is 4.79 Å². The number of nitrogens with one attached hydrogen (secondary N) is 1. The monoisotopic (exact) mass is 194 g/mol. The predicted octanol–water partition coefficient (Wildman–Crippen LogP) is 1.71. The van der Waals surface area contributed by atoms with Gasteiger partial charge in [-0.2, -0.15) is 0 Å². The van der Waals surface area contributed by atoms with E-state index in [1.165, 1.54) is 4.90 Å². The normalized spacial score (nSPS) is 9.50. The standard InChI is InChI=1S/C10H14N2O2/c1-12(10(13)14)8-7-11-9-5-3-2-4-6-9/h2-6,11H,7-8H2,1H3,(H,13,14). The first-order chi connectivity index (χ1) is 6.70. The van der Waals surface area contributed by atoms with Crippen LogP contribution in [-0.4, -0.2) is 36.2 Å². The second-order valence-corrected chi connectivity index (χ2v) is 3.00. The third-order valence-electron chi connectivity index (χ3n) is 1.88. The van der Waals surface area contributed by atoms with Crippen LogP contribution in [0.4, 0.5) is 10.5 Å². The zero-order chi connectivity index (χ0) is 10.4. The smallest absolute Gasteiger partial charge is 0.407 e. The van der Waals surface area contributed by atoms with Crippen LogP contribution in [-0.2, 0) is 0 Å². The summed E-state index contributed by atoms with van der Waals surface area (Å²) in [6.07, 6.45) is -0.903. The molecule has 0 fully saturated rings. The summed E-state index contributed by atoms with van der Waals surface area (Å²) in [7, 11) is 1.55. The van der Waals surface area contributed by atoms with Crippen molar-refractivity contribution in [2.45, 2.75) is 0 Å². The van der Waals surface area contributed by atoms with E-state index in [9.17, 15) is 4.79 Å². The van der Waals surface area contributed by atoms with Crippen molar-refractivity contribution in [2.75, 3.05) is 25.5 Å². The number of hydrogen-bond acceptors (Lipinski definition) is 2. The summed E-state index contributed by atoms with van der Waals surface area (Å²) < 4.78 is 0. The second kappa shape index (κ2) is 5.11. The van der Waals surface area contributed by atoms with Crippen molar-refractivity contribution in [2.24, 2.45) is 0 Å². The summed E-state index contributed by atoms with van der Waals surface area (Å²) in [6.45, 7) is 1.09. The minimum Gasteiger partial charge on any atom is -0.465 e. The Balaban J connectivity index is 2.26. The van der Waals surface area contributed by atoms with E-state index in [4.69, 9.17) is 5.11 Å². The molecule has 1 amide bonds. The maximum absolute atomic E-state index is 10.4. The number of carboxylic acid groups (broad SMARTS) is 1. The van der Waals surface area contributed by atoms with Crippen LogP contribution in [0.1, 0.15) is 0 Å². The Kier molecular flexibility index (Phi) is 3.79. The molecule has 0 saturated heterocycles. The van der Waals surface area contributed by atoms with Crippen LogP contribution in [0, 0.1) is 0 Å². The maximum Gasteiger partial charge on any atom is 0.407 e. The Morgan fingerprint density at radius 2 is 2.07 bits per heavy atom. The molecule has 0 saturated carbocycles. The first-order valence-electron chi connectivity index (χ1n) is 4.43. The molecular weight excluding hydrogens is 180 g/mol. The van der Waals surface area contributed by atoms with Crippen molar-refractivity contribution < 1.29 is 9.90 Å². The Hall–Kier alpha value is -1.71. The number of rotatable bonds is 4. The Morgan fingerprint density at radius 1 is 1.43 bits per heavy atom. The van der Waals surface area contributed by atoms with E-state index >= 15 is 0 Å². The van der Waals surface area contributed by atoms with Gasteiger partial charge in [-0.05, 0) is 12.1 Å². The first-order valence-corrected chi connectivity index (χ1v) is 4.43. The number of carbonyl (C=O) groups is 1. The van der Waals surface area contributed by atoms with Crippen LogP contribution >= 0.6 is 0 Å². The molecule has 4 heteroatoms. The van der Waals surface area contributed by atoms with E-state index in [1.807, 2.05) is 30.3 Å². The highest BCUT2D eigenvalue weighted by Crippen LogP contribution is 2.03. The van der Waals surface area contributed by atoms with Crippen molar-refractivity contribution in [1.29, 1.82) is 0 Å². The average molecular weight is 194 g/mol. The van der Waals surface area contributed by atoms with Crippen LogP contribution < -0.4 is 5.32 Å². The van der Waals surface area contributed by atoms with Crippen LogP contribution in [0.25, 0.3) is 0 Å². The number of likely N-dealkylation sites (N-methyl/N-ethyl adjacent to an activating group) is 1. The van der Waals surface area contributed by atoms with Gasteiger partial charge in [0.25, 0.3) is 0 Å². The number of anilines is 1. The molecule has 0 aliphatic carbocycles. The van der Waals surface area contributed by atoms with Gasteiger partial charge in [0.05, 0.1) is 0 Å². The summed E-state index contributed by atoms with van der Waals surface area (Å²) in [5.41, 5.74) is 1.01. The van der Waals surface area contributed by atoms with Gasteiger partial charge in [-0.1, -0.05) is 18.2 Å².